The van der Waals surface area contributed by atoms with Gasteiger partial charge in [0.25, 0.3) is 0 Å². The second-order valence-electron chi connectivity index (χ2n) is 4.87. The molecule has 3 nitrogen and oxygen atoms in total. The van der Waals surface area contributed by atoms with Gasteiger partial charge in [0.15, 0.2) is 0 Å². The van der Waals surface area contributed by atoms with Gasteiger partial charge < -0.3 is 4.90 Å². The van der Waals surface area contributed by atoms with Crippen LogP contribution in [0.3, 0.4) is 0 Å². The first-order chi connectivity index (χ1) is 8.24. The minimum atomic E-state index is 0.421. The molecule has 1 aromatic rings. The molecule has 3 heteroatoms. The molecule has 0 N–H and O–H groups in total. The number of anilines is 1. The fourth-order valence-corrected chi connectivity index (χ4v) is 2.68. The molecule has 0 radical (unpaired) electrons. The number of pyridine rings is 1. The highest BCUT2D eigenvalue weighted by Gasteiger charge is 2.36. The van der Waals surface area contributed by atoms with Crippen molar-refractivity contribution < 1.29 is 0 Å². The summed E-state index contributed by atoms with van der Waals surface area (Å²) >= 11 is 0. The van der Waals surface area contributed by atoms with Crippen LogP contribution in [0.25, 0.3) is 0 Å². The Morgan fingerprint density at radius 1 is 1.47 bits per heavy atom. The summed E-state index contributed by atoms with van der Waals surface area (Å²) in [6, 6.07) is 5.90. The monoisotopic (exact) mass is 229 g/mol. The van der Waals surface area contributed by atoms with Crippen molar-refractivity contribution in [1.82, 2.24) is 4.98 Å². The van der Waals surface area contributed by atoms with E-state index in [4.69, 9.17) is 5.26 Å². The molecule has 17 heavy (non-hydrogen) atoms. The summed E-state index contributed by atoms with van der Waals surface area (Å²) in [6.45, 7) is 6.58. The van der Waals surface area contributed by atoms with Crippen LogP contribution in [0.5, 0.6) is 0 Å². The summed E-state index contributed by atoms with van der Waals surface area (Å²) in [7, 11) is 0. The number of hydrogen-bond acceptors (Lipinski definition) is 3. The van der Waals surface area contributed by atoms with E-state index in [2.05, 4.69) is 29.8 Å². The van der Waals surface area contributed by atoms with Crippen molar-refractivity contribution in [3.63, 3.8) is 0 Å². The van der Waals surface area contributed by atoms with E-state index in [9.17, 15) is 0 Å². The van der Waals surface area contributed by atoms with E-state index in [0.717, 1.165) is 18.9 Å². The Morgan fingerprint density at radius 2 is 2.24 bits per heavy atom. The van der Waals surface area contributed by atoms with Crippen LogP contribution < -0.4 is 4.90 Å². The van der Waals surface area contributed by atoms with Crippen molar-refractivity contribution in [2.45, 2.75) is 33.1 Å². The molecule has 90 valence electrons. The highest BCUT2D eigenvalue weighted by atomic mass is 15.2. The lowest BCUT2D eigenvalue weighted by molar-refractivity contribution is 0.301. The summed E-state index contributed by atoms with van der Waals surface area (Å²) in [5.74, 6) is 0.860. The highest BCUT2D eigenvalue weighted by Crippen LogP contribution is 2.39. The Balaban J connectivity index is 2.24. The van der Waals surface area contributed by atoms with Crippen LogP contribution in [0.15, 0.2) is 18.3 Å². The van der Waals surface area contributed by atoms with Gasteiger partial charge in [0.1, 0.15) is 11.9 Å². The number of nitriles is 1. The Morgan fingerprint density at radius 3 is 2.82 bits per heavy atom. The molecule has 0 amide bonds. The van der Waals surface area contributed by atoms with Gasteiger partial charge in [0.2, 0.25) is 0 Å². The van der Waals surface area contributed by atoms with Gasteiger partial charge in [0, 0.05) is 19.3 Å². The fourth-order valence-electron chi connectivity index (χ4n) is 2.68. The molecule has 1 aromatic heterocycles. The second kappa shape index (κ2) is 4.75. The maximum atomic E-state index is 9.11. The first-order valence-electron chi connectivity index (χ1n) is 6.35. The van der Waals surface area contributed by atoms with Gasteiger partial charge in [-0.2, -0.15) is 5.26 Å². The van der Waals surface area contributed by atoms with E-state index >= 15 is 0 Å². The van der Waals surface area contributed by atoms with Crippen molar-refractivity contribution in [3.8, 4) is 6.07 Å². The maximum absolute atomic E-state index is 9.11. The maximum Gasteiger partial charge on any atom is 0.146 e. The van der Waals surface area contributed by atoms with Gasteiger partial charge >= 0.3 is 0 Å². The first-order valence-corrected chi connectivity index (χ1v) is 6.35. The summed E-state index contributed by atoms with van der Waals surface area (Å²) in [6.07, 6.45) is 5.39. The molecule has 0 aromatic carbocycles. The first kappa shape index (κ1) is 11.9. The largest absolute Gasteiger partial charge is 0.355 e. The Bertz CT molecular complexity index is 429. The van der Waals surface area contributed by atoms with Crippen LogP contribution in [0, 0.1) is 16.7 Å². The van der Waals surface area contributed by atoms with Crippen LogP contribution in [-0.4, -0.2) is 18.1 Å². The smallest absolute Gasteiger partial charge is 0.146 e. The van der Waals surface area contributed by atoms with Crippen molar-refractivity contribution in [3.05, 3.63) is 23.9 Å². The number of rotatable bonds is 3. The van der Waals surface area contributed by atoms with Crippen LogP contribution in [0.2, 0.25) is 0 Å². The lowest BCUT2D eigenvalue weighted by Gasteiger charge is -2.26. The molecular weight excluding hydrogens is 210 g/mol. The van der Waals surface area contributed by atoms with Crippen molar-refractivity contribution in [1.29, 1.82) is 5.26 Å². The summed E-state index contributed by atoms with van der Waals surface area (Å²) in [4.78, 5) is 6.64. The molecule has 1 aliphatic rings. The lowest BCUT2D eigenvalue weighted by atomic mass is 9.82. The SMILES string of the molecule is CCC1(CC)CCN(c2ncccc2C#N)C1. The zero-order chi connectivity index (χ0) is 12.3. The number of hydrogen-bond donors (Lipinski definition) is 0. The van der Waals surface area contributed by atoms with E-state index < -0.39 is 0 Å². The molecule has 0 unspecified atom stereocenters. The topological polar surface area (TPSA) is 39.9 Å². The third-order valence-electron chi connectivity index (χ3n) is 4.14. The third kappa shape index (κ3) is 2.12. The third-order valence-corrected chi connectivity index (χ3v) is 4.14. The summed E-state index contributed by atoms with van der Waals surface area (Å²) in [5.41, 5.74) is 1.11. The molecule has 2 rings (SSSR count). The summed E-state index contributed by atoms with van der Waals surface area (Å²) in [5, 5.41) is 9.11. The van der Waals surface area contributed by atoms with E-state index in [1.165, 1.54) is 19.3 Å². The normalized spacial score (nSPS) is 18.1. The van der Waals surface area contributed by atoms with Gasteiger partial charge in [0.05, 0.1) is 5.56 Å². The molecule has 0 bridgehead atoms. The zero-order valence-corrected chi connectivity index (χ0v) is 10.6. The molecule has 2 heterocycles. The van der Waals surface area contributed by atoms with Gasteiger partial charge in [-0.3, -0.25) is 0 Å². The molecule has 1 aliphatic heterocycles. The molecular formula is C14H19N3. The Kier molecular flexibility index (Phi) is 3.33. The number of nitrogens with zero attached hydrogens (tertiary/aromatic N) is 3. The molecule has 0 aliphatic carbocycles. The van der Waals surface area contributed by atoms with E-state index in [-0.39, 0.29) is 0 Å². The number of aromatic nitrogens is 1. The average molecular weight is 229 g/mol. The molecule has 0 saturated carbocycles. The van der Waals surface area contributed by atoms with E-state index in [1.807, 2.05) is 12.1 Å². The van der Waals surface area contributed by atoms with Gasteiger partial charge in [-0.15, -0.1) is 0 Å². The predicted octanol–water partition coefficient (Wildman–Crippen LogP) is 2.97. The van der Waals surface area contributed by atoms with Gasteiger partial charge in [-0.1, -0.05) is 13.8 Å². The highest BCUT2D eigenvalue weighted by molar-refractivity contribution is 5.54. The Hall–Kier alpha value is -1.56. The van der Waals surface area contributed by atoms with Gasteiger partial charge in [-0.05, 0) is 36.8 Å². The lowest BCUT2D eigenvalue weighted by Crippen LogP contribution is -2.27. The minimum Gasteiger partial charge on any atom is -0.355 e. The predicted molar refractivity (Wildman–Crippen MR) is 68.8 cm³/mol. The van der Waals surface area contributed by atoms with Crippen molar-refractivity contribution in [2.24, 2.45) is 5.41 Å². The van der Waals surface area contributed by atoms with Crippen molar-refractivity contribution >= 4 is 5.82 Å². The zero-order valence-electron chi connectivity index (χ0n) is 10.6. The second-order valence-corrected chi connectivity index (χ2v) is 4.87. The standard InChI is InChI=1S/C14H19N3/c1-3-14(4-2)7-9-17(11-14)13-12(10-15)6-5-8-16-13/h5-6,8H,3-4,7,9,11H2,1-2H3. The van der Waals surface area contributed by atoms with Gasteiger partial charge in [-0.25, -0.2) is 4.98 Å². The molecule has 0 atom stereocenters. The average Bonchev–Trinajstić information content (AvgIpc) is 2.83. The van der Waals surface area contributed by atoms with E-state index in [0.29, 0.717) is 11.0 Å². The summed E-state index contributed by atoms with van der Waals surface area (Å²) < 4.78 is 0. The molecule has 1 fully saturated rings. The Labute approximate surface area is 103 Å². The van der Waals surface area contributed by atoms with Crippen LogP contribution in [-0.2, 0) is 0 Å². The van der Waals surface area contributed by atoms with Crippen LogP contribution in [0.4, 0.5) is 5.82 Å². The van der Waals surface area contributed by atoms with E-state index in [1.54, 1.807) is 6.20 Å². The van der Waals surface area contributed by atoms with Crippen molar-refractivity contribution in [2.75, 3.05) is 18.0 Å². The quantitative estimate of drug-likeness (QED) is 0.800. The molecule has 1 saturated heterocycles. The van der Waals surface area contributed by atoms with Crippen LogP contribution in [0.1, 0.15) is 38.7 Å². The van der Waals surface area contributed by atoms with Crippen LogP contribution >= 0.6 is 0 Å². The fraction of sp³-hybridized carbons (Fsp3) is 0.571. The molecule has 0 spiro atoms. The minimum absolute atomic E-state index is 0.421.